The van der Waals surface area contributed by atoms with E-state index in [2.05, 4.69) is 14.4 Å². The maximum Gasteiger partial charge on any atom is 0.573 e. The fraction of sp³-hybridized carbons (Fsp3) is 0.211. The SMILES string of the molecule is Cc1ccc(-c2nocc2C(F)(F)c2ccc(S(C)(=O)=O)c(F)c2)cc1OC(F)(F)F. The molecule has 12 heteroatoms. The number of hydrogen-bond acceptors (Lipinski definition) is 5. The molecule has 2 aromatic carbocycles. The van der Waals surface area contributed by atoms with Gasteiger partial charge in [0.15, 0.2) is 9.84 Å². The second-order valence-electron chi connectivity index (χ2n) is 6.60. The molecule has 0 spiro atoms. The highest BCUT2D eigenvalue weighted by Crippen LogP contribution is 2.42. The largest absolute Gasteiger partial charge is 0.573 e. The number of alkyl halides is 5. The lowest BCUT2D eigenvalue weighted by molar-refractivity contribution is -0.274. The molecule has 0 aliphatic carbocycles. The summed E-state index contributed by atoms with van der Waals surface area (Å²) in [6, 6.07) is 5.11. The van der Waals surface area contributed by atoms with Gasteiger partial charge in [-0.15, -0.1) is 13.2 Å². The van der Waals surface area contributed by atoms with Crippen molar-refractivity contribution in [1.82, 2.24) is 5.16 Å². The van der Waals surface area contributed by atoms with Gasteiger partial charge in [0, 0.05) is 17.4 Å². The molecule has 3 aromatic rings. The van der Waals surface area contributed by atoms with E-state index in [-0.39, 0.29) is 11.1 Å². The second-order valence-corrected chi connectivity index (χ2v) is 8.58. The Hall–Kier alpha value is -3.02. The first kappa shape index (κ1) is 22.7. The number of aryl methyl sites for hydroxylation is 1. The van der Waals surface area contributed by atoms with Gasteiger partial charge in [-0.05, 0) is 30.7 Å². The number of sulfone groups is 1. The minimum absolute atomic E-state index is 0.0938. The van der Waals surface area contributed by atoms with E-state index in [1.165, 1.54) is 19.1 Å². The van der Waals surface area contributed by atoms with Gasteiger partial charge in [0.2, 0.25) is 0 Å². The fourth-order valence-corrected chi connectivity index (χ4v) is 3.53. The first-order valence-electron chi connectivity index (χ1n) is 8.39. The van der Waals surface area contributed by atoms with Crippen LogP contribution < -0.4 is 4.74 Å². The lowest BCUT2D eigenvalue weighted by Gasteiger charge is -2.17. The average molecular weight is 465 g/mol. The lowest BCUT2D eigenvalue weighted by atomic mass is 9.97. The maximum atomic E-state index is 15.1. The Kier molecular flexibility index (Phi) is 5.55. The van der Waals surface area contributed by atoms with Crippen LogP contribution in [0.3, 0.4) is 0 Å². The van der Waals surface area contributed by atoms with Crippen LogP contribution in [0.15, 0.2) is 52.1 Å². The van der Waals surface area contributed by atoms with Crippen molar-refractivity contribution in [3.63, 3.8) is 0 Å². The van der Waals surface area contributed by atoms with Crippen LogP contribution in [0.1, 0.15) is 16.7 Å². The average Bonchev–Trinajstić information content (AvgIpc) is 3.12. The summed E-state index contributed by atoms with van der Waals surface area (Å²) in [5.41, 5.74) is -2.33. The van der Waals surface area contributed by atoms with E-state index < -0.39 is 55.4 Å². The molecule has 1 aromatic heterocycles. The third-order valence-corrected chi connectivity index (χ3v) is 5.42. The predicted octanol–water partition coefficient (Wildman–Crippen LogP) is 5.23. The molecule has 0 bridgehead atoms. The van der Waals surface area contributed by atoms with Crippen LogP contribution in [0.25, 0.3) is 11.3 Å². The summed E-state index contributed by atoms with van der Waals surface area (Å²) >= 11 is 0. The summed E-state index contributed by atoms with van der Waals surface area (Å²) in [6.07, 6.45) is -3.71. The number of hydrogen-bond donors (Lipinski definition) is 0. The molecule has 31 heavy (non-hydrogen) atoms. The van der Waals surface area contributed by atoms with Crippen LogP contribution in [0, 0.1) is 12.7 Å². The van der Waals surface area contributed by atoms with Crippen LogP contribution in [0.4, 0.5) is 26.3 Å². The van der Waals surface area contributed by atoms with Crippen LogP contribution in [0.2, 0.25) is 0 Å². The zero-order chi connectivity index (χ0) is 23.2. The molecule has 1 heterocycles. The maximum absolute atomic E-state index is 15.1. The van der Waals surface area contributed by atoms with Gasteiger partial charge in [0.05, 0.1) is 5.56 Å². The van der Waals surface area contributed by atoms with Gasteiger partial charge in [-0.2, -0.15) is 8.78 Å². The lowest BCUT2D eigenvalue weighted by Crippen LogP contribution is -2.18. The Morgan fingerprint density at radius 2 is 1.71 bits per heavy atom. The zero-order valence-corrected chi connectivity index (χ0v) is 16.6. The van der Waals surface area contributed by atoms with E-state index in [1.54, 1.807) is 0 Å². The van der Waals surface area contributed by atoms with Gasteiger partial charge in [0.25, 0.3) is 0 Å². The van der Waals surface area contributed by atoms with E-state index >= 15 is 8.78 Å². The Balaban J connectivity index is 2.07. The molecule has 0 saturated carbocycles. The van der Waals surface area contributed by atoms with Gasteiger partial charge in [-0.3, -0.25) is 0 Å². The number of nitrogens with zero attached hydrogens (tertiary/aromatic N) is 1. The second kappa shape index (κ2) is 7.59. The highest BCUT2D eigenvalue weighted by molar-refractivity contribution is 7.90. The highest BCUT2D eigenvalue weighted by Gasteiger charge is 2.40. The third-order valence-electron chi connectivity index (χ3n) is 4.29. The summed E-state index contributed by atoms with van der Waals surface area (Å²) in [4.78, 5) is -0.759. The molecule has 0 aliphatic heterocycles. The smallest absolute Gasteiger partial charge is 0.405 e. The van der Waals surface area contributed by atoms with E-state index in [4.69, 9.17) is 0 Å². The minimum atomic E-state index is -5.00. The molecule has 0 amide bonds. The van der Waals surface area contributed by atoms with Crippen molar-refractivity contribution < 1.29 is 44.0 Å². The normalized spacial score (nSPS) is 12.8. The molecule has 0 aliphatic rings. The first-order valence-corrected chi connectivity index (χ1v) is 10.3. The number of benzene rings is 2. The van der Waals surface area contributed by atoms with Gasteiger partial charge < -0.3 is 9.26 Å². The number of halogens is 6. The topological polar surface area (TPSA) is 69.4 Å². The molecule has 0 N–H and O–H groups in total. The van der Waals surface area contributed by atoms with E-state index in [0.717, 1.165) is 18.4 Å². The molecular weight excluding hydrogens is 452 g/mol. The molecule has 0 fully saturated rings. The summed E-state index contributed by atoms with van der Waals surface area (Å²) in [5, 5.41) is 3.44. The van der Waals surface area contributed by atoms with Crippen molar-refractivity contribution in [3.05, 3.63) is 65.2 Å². The highest BCUT2D eigenvalue weighted by atomic mass is 32.2. The number of rotatable bonds is 5. The summed E-state index contributed by atoms with van der Waals surface area (Å²) in [6.45, 7) is 1.33. The molecule has 0 atom stereocenters. The summed E-state index contributed by atoms with van der Waals surface area (Å²) in [5.74, 6) is -5.91. The number of ether oxygens (including phenoxy) is 1. The standard InChI is InChI=1S/C19H13F6NO4S/c1-10-3-4-11(7-15(10)30-19(23,24)25)17-13(9-29-26-17)18(21,22)12-5-6-16(14(20)8-12)31(2,27)28/h3-9H,1-2H3. The van der Waals surface area contributed by atoms with Gasteiger partial charge in [0.1, 0.15) is 28.4 Å². The van der Waals surface area contributed by atoms with Crippen molar-refractivity contribution in [1.29, 1.82) is 0 Å². The van der Waals surface area contributed by atoms with Crippen LogP contribution in [-0.2, 0) is 15.8 Å². The van der Waals surface area contributed by atoms with Crippen molar-refractivity contribution >= 4 is 9.84 Å². The van der Waals surface area contributed by atoms with Crippen LogP contribution in [0.5, 0.6) is 5.75 Å². The van der Waals surface area contributed by atoms with E-state index in [0.29, 0.717) is 18.4 Å². The molecule has 0 unspecified atom stereocenters. The molecule has 3 rings (SSSR count). The summed E-state index contributed by atoms with van der Waals surface area (Å²) < 4.78 is 114. The predicted molar refractivity (Wildman–Crippen MR) is 95.9 cm³/mol. The number of aromatic nitrogens is 1. The molecule has 166 valence electrons. The quantitative estimate of drug-likeness (QED) is 0.483. The van der Waals surface area contributed by atoms with Gasteiger partial charge in [-0.25, -0.2) is 12.8 Å². The Bertz CT molecular complexity index is 1230. The molecular formula is C19H13F6NO4S. The van der Waals surface area contributed by atoms with Crippen LogP contribution in [-0.4, -0.2) is 26.2 Å². The van der Waals surface area contributed by atoms with Crippen molar-refractivity contribution in [2.24, 2.45) is 0 Å². The monoisotopic (exact) mass is 465 g/mol. The Labute approximate surface area is 172 Å². The fourth-order valence-electron chi connectivity index (χ4n) is 2.80. The zero-order valence-electron chi connectivity index (χ0n) is 15.8. The molecule has 0 radical (unpaired) electrons. The molecule has 0 saturated heterocycles. The van der Waals surface area contributed by atoms with Crippen molar-refractivity contribution in [2.75, 3.05) is 6.26 Å². The van der Waals surface area contributed by atoms with E-state index in [1.807, 2.05) is 0 Å². The van der Waals surface area contributed by atoms with Crippen molar-refractivity contribution in [3.8, 4) is 17.0 Å². The Morgan fingerprint density at radius 1 is 1.03 bits per heavy atom. The van der Waals surface area contributed by atoms with Gasteiger partial charge >= 0.3 is 12.3 Å². The Morgan fingerprint density at radius 3 is 2.29 bits per heavy atom. The summed E-state index contributed by atoms with van der Waals surface area (Å²) in [7, 11) is -3.98. The van der Waals surface area contributed by atoms with Gasteiger partial charge in [-0.1, -0.05) is 23.4 Å². The third kappa shape index (κ3) is 4.68. The molecule has 5 nitrogen and oxygen atoms in total. The first-order chi connectivity index (χ1) is 14.2. The van der Waals surface area contributed by atoms with E-state index in [9.17, 15) is 26.0 Å². The van der Waals surface area contributed by atoms with Crippen molar-refractivity contribution in [2.45, 2.75) is 24.1 Å². The minimum Gasteiger partial charge on any atom is -0.405 e. The van der Waals surface area contributed by atoms with Crippen LogP contribution >= 0.6 is 0 Å².